The van der Waals surface area contributed by atoms with E-state index in [1.54, 1.807) is 7.11 Å². The molecule has 1 atom stereocenters. The van der Waals surface area contributed by atoms with Crippen molar-refractivity contribution >= 4 is 17.3 Å². The summed E-state index contributed by atoms with van der Waals surface area (Å²) in [6, 6.07) is 14.8. The highest BCUT2D eigenvalue weighted by molar-refractivity contribution is 6.30. The van der Waals surface area contributed by atoms with Gasteiger partial charge in [0.2, 0.25) is 5.72 Å². The highest BCUT2D eigenvalue weighted by Crippen LogP contribution is 2.52. The van der Waals surface area contributed by atoms with Gasteiger partial charge in [0.05, 0.1) is 18.9 Å². The van der Waals surface area contributed by atoms with Crippen molar-refractivity contribution in [3.63, 3.8) is 0 Å². The van der Waals surface area contributed by atoms with E-state index in [2.05, 4.69) is 42.0 Å². The van der Waals surface area contributed by atoms with Gasteiger partial charge in [0.15, 0.2) is 11.5 Å². The van der Waals surface area contributed by atoms with Gasteiger partial charge in [-0.15, -0.1) is 0 Å². The Balaban J connectivity index is 1.56. The standard InChI is InChI=1S/C24H28ClN3O2/c1-16(2)27-13-11-24(12-14-27)28-21(19-5-4-6-22(29-3)23(19)30-24)15-20(26-28)17-7-9-18(25)10-8-17/h4-10,16,21H,11-15H2,1-3H3/t21-/m0/s1. The van der Waals surface area contributed by atoms with Gasteiger partial charge in [-0.1, -0.05) is 35.9 Å². The van der Waals surface area contributed by atoms with Crippen LogP contribution in [0.4, 0.5) is 0 Å². The Morgan fingerprint density at radius 3 is 2.53 bits per heavy atom. The van der Waals surface area contributed by atoms with E-state index in [-0.39, 0.29) is 6.04 Å². The second kappa shape index (κ2) is 7.47. The van der Waals surface area contributed by atoms with Crippen molar-refractivity contribution in [2.75, 3.05) is 20.2 Å². The molecule has 0 bridgehead atoms. The summed E-state index contributed by atoms with van der Waals surface area (Å²) in [6.07, 6.45) is 2.67. The normalized spacial score (nSPS) is 22.5. The number of hydrogen-bond donors (Lipinski definition) is 0. The van der Waals surface area contributed by atoms with Crippen LogP contribution in [0.25, 0.3) is 0 Å². The molecule has 0 aliphatic carbocycles. The van der Waals surface area contributed by atoms with Crippen molar-refractivity contribution in [2.45, 2.75) is 50.9 Å². The molecule has 2 aromatic rings. The molecule has 5 nitrogen and oxygen atoms in total. The van der Waals surface area contributed by atoms with Crippen molar-refractivity contribution in [1.29, 1.82) is 0 Å². The quantitative estimate of drug-likeness (QED) is 0.686. The lowest BCUT2D eigenvalue weighted by Crippen LogP contribution is -2.59. The average Bonchev–Trinajstić information content (AvgIpc) is 3.21. The molecule has 1 fully saturated rings. The van der Waals surface area contributed by atoms with Crippen LogP contribution >= 0.6 is 11.6 Å². The third kappa shape index (κ3) is 3.15. The van der Waals surface area contributed by atoms with E-state index in [9.17, 15) is 0 Å². The van der Waals surface area contributed by atoms with E-state index >= 15 is 0 Å². The van der Waals surface area contributed by atoms with Crippen LogP contribution in [0.1, 0.15) is 50.3 Å². The number of nitrogens with zero attached hydrogens (tertiary/aromatic N) is 3. The summed E-state index contributed by atoms with van der Waals surface area (Å²) in [7, 11) is 1.71. The molecule has 0 saturated carbocycles. The van der Waals surface area contributed by atoms with Gasteiger partial charge in [-0.3, -0.25) is 0 Å². The maximum atomic E-state index is 6.77. The number of ether oxygens (including phenoxy) is 2. The van der Waals surface area contributed by atoms with Crippen LogP contribution in [0.3, 0.4) is 0 Å². The molecule has 30 heavy (non-hydrogen) atoms. The molecule has 0 amide bonds. The average molecular weight is 426 g/mol. The molecule has 3 heterocycles. The molecule has 0 unspecified atom stereocenters. The minimum atomic E-state index is -0.439. The SMILES string of the molecule is COc1cccc2c1OC1(CCN(C(C)C)CC1)N1N=C(c3ccc(Cl)cc3)C[C@@H]21. The van der Waals surface area contributed by atoms with Gasteiger partial charge in [0.1, 0.15) is 0 Å². The molecule has 3 aliphatic heterocycles. The van der Waals surface area contributed by atoms with E-state index in [0.717, 1.165) is 65.7 Å². The molecule has 1 spiro atoms. The predicted molar refractivity (Wildman–Crippen MR) is 119 cm³/mol. The van der Waals surface area contributed by atoms with E-state index < -0.39 is 5.72 Å². The number of rotatable bonds is 3. The zero-order valence-electron chi connectivity index (χ0n) is 17.8. The molecule has 1 saturated heterocycles. The first kappa shape index (κ1) is 19.7. The Bertz CT molecular complexity index is 965. The van der Waals surface area contributed by atoms with E-state index in [1.807, 2.05) is 24.3 Å². The topological polar surface area (TPSA) is 37.3 Å². The molecule has 0 radical (unpaired) electrons. The lowest BCUT2D eigenvalue weighted by atomic mass is 9.90. The molecule has 3 aliphatic rings. The van der Waals surface area contributed by atoms with Crippen molar-refractivity contribution in [3.8, 4) is 11.5 Å². The zero-order chi connectivity index (χ0) is 20.9. The first-order valence-electron chi connectivity index (χ1n) is 10.7. The summed E-state index contributed by atoms with van der Waals surface area (Å²) in [6.45, 7) is 6.51. The Morgan fingerprint density at radius 1 is 1.13 bits per heavy atom. The number of fused-ring (bicyclic) bond motifs is 4. The second-order valence-electron chi connectivity index (χ2n) is 8.67. The van der Waals surface area contributed by atoms with Gasteiger partial charge in [0, 0.05) is 49.0 Å². The second-order valence-corrected chi connectivity index (χ2v) is 9.11. The molecule has 2 aromatic carbocycles. The Morgan fingerprint density at radius 2 is 1.87 bits per heavy atom. The number of hydrogen-bond acceptors (Lipinski definition) is 5. The van der Waals surface area contributed by atoms with Crippen LogP contribution in [-0.2, 0) is 0 Å². The fourth-order valence-corrected chi connectivity index (χ4v) is 5.09. The molecular formula is C24H28ClN3O2. The largest absolute Gasteiger partial charge is 0.493 e. The number of benzene rings is 2. The summed E-state index contributed by atoms with van der Waals surface area (Å²) in [4.78, 5) is 2.52. The highest BCUT2D eigenvalue weighted by Gasteiger charge is 2.52. The maximum absolute atomic E-state index is 6.77. The van der Waals surface area contributed by atoms with E-state index in [4.69, 9.17) is 26.2 Å². The van der Waals surface area contributed by atoms with E-state index in [0.29, 0.717) is 6.04 Å². The molecule has 0 aromatic heterocycles. The van der Waals surface area contributed by atoms with Crippen LogP contribution in [0.15, 0.2) is 47.6 Å². The minimum absolute atomic E-state index is 0.153. The fourth-order valence-electron chi connectivity index (χ4n) is 4.97. The third-order valence-electron chi connectivity index (χ3n) is 6.70. The van der Waals surface area contributed by atoms with Crippen molar-refractivity contribution in [1.82, 2.24) is 9.91 Å². The van der Waals surface area contributed by atoms with Crippen LogP contribution in [-0.4, -0.2) is 47.6 Å². The molecular weight excluding hydrogens is 398 g/mol. The maximum Gasteiger partial charge on any atom is 0.200 e. The Hall–Kier alpha value is -2.24. The summed E-state index contributed by atoms with van der Waals surface area (Å²) in [5, 5.41) is 8.12. The van der Waals surface area contributed by atoms with Crippen LogP contribution < -0.4 is 9.47 Å². The predicted octanol–water partition coefficient (Wildman–Crippen LogP) is 5.09. The Labute approximate surface area is 183 Å². The summed E-state index contributed by atoms with van der Waals surface area (Å²) in [5.74, 6) is 1.68. The van der Waals surface area contributed by atoms with Crippen LogP contribution in [0, 0.1) is 0 Å². The van der Waals surface area contributed by atoms with E-state index in [1.165, 1.54) is 0 Å². The van der Waals surface area contributed by atoms with Gasteiger partial charge in [-0.25, -0.2) is 5.01 Å². The first-order valence-corrected chi connectivity index (χ1v) is 11.1. The summed E-state index contributed by atoms with van der Waals surface area (Å²) in [5.41, 5.74) is 2.92. The highest BCUT2D eigenvalue weighted by atomic mass is 35.5. The molecule has 158 valence electrons. The van der Waals surface area contributed by atoms with Gasteiger partial charge in [0.25, 0.3) is 0 Å². The first-order chi connectivity index (χ1) is 14.5. The number of halogens is 1. The fraction of sp³-hybridized carbons (Fsp3) is 0.458. The minimum Gasteiger partial charge on any atom is -0.493 e. The van der Waals surface area contributed by atoms with Crippen LogP contribution in [0.2, 0.25) is 5.02 Å². The molecule has 0 N–H and O–H groups in total. The van der Waals surface area contributed by atoms with Gasteiger partial charge < -0.3 is 14.4 Å². The third-order valence-corrected chi connectivity index (χ3v) is 6.95. The molecule has 6 heteroatoms. The van der Waals surface area contributed by atoms with Crippen molar-refractivity contribution in [2.24, 2.45) is 5.10 Å². The van der Waals surface area contributed by atoms with Crippen molar-refractivity contribution < 1.29 is 9.47 Å². The summed E-state index contributed by atoms with van der Waals surface area (Å²) >= 11 is 6.11. The number of hydrazone groups is 1. The zero-order valence-corrected chi connectivity index (χ0v) is 18.5. The van der Waals surface area contributed by atoms with Crippen LogP contribution in [0.5, 0.6) is 11.5 Å². The number of likely N-dealkylation sites (tertiary alicyclic amines) is 1. The monoisotopic (exact) mass is 425 g/mol. The smallest absolute Gasteiger partial charge is 0.200 e. The number of piperidine rings is 1. The van der Waals surface area contributed by atoms with Gasteiger partial charge in [-0.2, -0.15) is 5.10 Å². The lowest BCUT2D eigenvalue weighted by Gasteiger charge is -2.51. The molecule has 5 rings (SSSR count). The number of methoxy groups -OCH3 is 1. The lowest BCUT2D eigenvalue weighted by molar-refractivity contribution is -0.153. The number of para-hydroxylation sites is 1. The van der Waals surface area contributed by atoms with Crippen molar-refractivity contribution in [3.05, 3.63) is 58.6 Å². The van der Waals surface area contributed by atoms with Gasteiger partial charge >= 0.3 is 0 Å². The van der Waals surface area contributed by atoms with Gasteiger partial charge in [-0.05, 0) is 37.6 Å². The summed E-state index contributed by atoms with van der Waals surface area (Å²) < 4.78 is 12.4. The Kier molecular flexibility index (Phi) is 4.91.